The van der Waals surface area contributed by atoms with Gasteiger partial charge in [0.2, 0.25) is 0 Å². The molecule has 114 valence electrons. The molecule has 0 aliphatic heterocycles. The van der Waals surface area contributed by atoms with Crippen molar-refractivity contribution in [3.8, 4) is 5.75 Å². The van der Waals surface area contributed by atoms with Gasteiger partial charge < -0.3 is 14.5 Å². The van der Waals surface area contributed by atoms with Gasteiger partial charge in [0.1, 0.15) is 23.9 Å². The summed E-state index contributed by atoms with van der Waals surface area (Å²) in [6, 6.07) is 10.4. The van der Waals surface area contributed by atoms with Gasteiger partial charge in [0.25, 0.3) is 0 Å². The molecule has 1 aromatic heterocycles. The summed E-state index contributed by atoms with van der Waals surface area (Å²) in [6.45, 7) is 9.86. The molecule has 1 N–H and O–H groups in total. The van der Waals surface area contributed by atoms with Crippen molar-refractivity contribution >= 4 is 0 Å². The maximum Gasteiger partial charge on any atom is 0.120 e. The van der Waals surface area contributed by atoms with Gasteiger partial charge in [-0.05, 0) is 43.1 Å². The highest BCUT2D eigenvalue weighted by molar-refractivity contribution is 5.33. The molecule has 0 aliphatic carbocycles. The number of nitrogens with one attached hydrogen (secondary N) is 1. The van der Waals surface area contributed by atoms with Crippen molar-refractivity contribution in [3.63, 3.8) is 0 Å². The van der Waals surface area contributed by atoms with Crippen LogP contribution in [0.1, 0.15) is 43.4 Å². The van der Waals surface area contributed by atoms with Gasteiger partial charge in [-0.3, -0.25) is 0 Å². The van der Waals surface area contributed by atoms with Crippen LogP contribution in [0.3, 0.4) is 0 Å². The van der Waals surface area contributed by atoms with Gasteiger partial charge in [-0.2, -0.15) is 0 Å². The van der Waals surface area contributed by atoms with E-state index >= 15 is 0 Å². The highest BCUT2D eigenvalue weighted by atomic mass is 16.5. The Morgan fingerprint density at radius 3 is 2.62 bits per heavy atom. The van der Waals surface area contributed by atoms with E-state index in [9.17, 15) is 0 Å². The minimum Gasteiger partial charge on any atom is -0.489 e. The van der Waals surface area contributed by atoms with Crippen molar-refractivity contribution in [3.05, 3.63) is 53.0 Å². The van der Waals surface area contributed by atoms with Crippen LogP contribution in [-0.4, -0.2) is 7.05 Å². The van der Waals surface area contributed by atoms with Crippen LogP contribution in [0.4, 0.5) is 0 Å². The van der Waals surface area contributed by atoms with E-state index in [0.29, 0.717) is 6.61 Å². The van der Waals surface area contributed by atoms with E-state index in [1.165, 1.54) is 5.56 Å². The molecular weight excluding hydrogens is 262 g/mol. The molecule has 0 unspecified atom stereocenters. The fourth-order valence-corrected chi connectivity index (χ4v) is 2.21. The molecular formula is C18H25NO2. The summed E-state index contributed by atoms with van der Waals surface area (Å²) < 4.78 is 11.6. The lowest BCUT2D eigenvalue weighted by molar-refractivity contribution is 0.302. The van der Waals surface area contributed by atoms with Crippen molar-refractivity contribution in [2.45, 2.75) is 46.3 Å². The Labute approximate surface area is 127 Å². The summed E-state index contributed by atoms with van der Waals surface area (Å²) in [5, 5.41) is 3.09. The van der Waals surface area contributed by atoms with Gasteiger partial charge in [-0.25, -0.2) is 0 Å². The third-order valence-corrected chi connectivity index (χ3v) is 3.52. The SMILES string of the molecule is CNCc1cc(COc2cccc(C(C)(C)C)c2)c(C)o1. The summed E-state index contributed by atoms with van der Waals surface area (Å²) in [4.78, 5) is 0. The molecule has 0 saturated heterocycles. The first-order chi connectivity index (χ1) is 9.90. The molecule has 0 fully saturated rings. The first-order valence-corrected chi connectivity index (χ1v) is 7.36. The average molecular weight is 287 g/mol. The molecule has 3 heteroatoms. The molecule has 3 nitrogen and oxygen atoms in total. The molecule has 0 aliphatic rings. The first kappa shape index (κ1) is 15.6. The molecule has 0 atom stereocenters. The van der Waals surface area contributed by atoms with Gasteiger partial charge in [0, 0.05) is 5.56 Å². The number of rotatable bonds is 5. The fourth-order valence-electron chi connectivity index (χ4n) is 2.21. The maximum absolute atomic E-state index is 5.92. The van der Waals surface area contributed by atoms with Crippen LogP contribution in [-0.2, 0) is 18.6 Å². The first-order valence-electron chi connectivity index (χ1n) is 7.36. The van der Waals surface area contributed by atoms with E-state index in [1.54, 1.807) is 0 Å². The molecule has 2 aromatic rings. The molecule has 0 saturated carbocycles. The highest BCUT2D eigenvalue weighted by Gasteiger charge is 2.14. The second-order valence-electron chi connectivity index (χ2n) is 6.39. The zero-order chi connectivity index (χ0) is 15.5. The van der Waals surface area contributed by atoms with Crippen molar-refractivity contribution in [2.24, 2.45) is 0 Å². The normalized spacial score (nSPS) is 11.7. The van der Waals surface area contributed by atoms with Gasteiger partial charge in [0.05, 0.1) is 6.54 Å². The van der Waals surface area contributed by atoms with Crippen LogP contribution in [0.5, 0.6) is 5.75 Å². The van der Waals surface area contributed by atoms with Crippen LogP contribution in [0.15, 0.2) is 34.7 Å². The van der Waals surface area contributed by atoms with Crippen LogP contribution in [0.25, 0.3) is 0 Å². The molecule has 0 bridgehead atoms. The second kappa shape index (κ2) is 6.35. The predicted octanol–water partition coefficient (Wildman–Crippen LogP) is 4.18. The lowest BCUT2D eigenvalue weighted by Crippen LogP contribution is -2.11. The van der Waals surface area contributed by atoms with Crippen molar-refractivity contribution in [2.75, 3.05) is 7.05 Å². The minimum atomic E-state index is 0.130. The van der Waals surface area contributed by atoms with E-state index in [0.717, 1.165) is 29.4 Å². The molecule has 1 aromatic carbocycles. The smallest absolute Gasteiger partial charge is 0.120 e. The van der Waals surface area contributed by atoms with Crippen LogP contribution in [0, 0.1) is 6.92 Å². The van der Waals surface area contributed by atoms with Gasteiger partial charge >= 0.3 is 0 Å². The summed E-state index contributed by atoms with van der Waals surface area (Å²) in [6.07, 6.45) is 0. The third kappa shape index (κ3) is 4.11. The number of hydrogen-bond acceptors (Lipinski definition) is 3. The Morgan fingerprint density at radius 2 is 1.95 bits per heavy atom. The topological polar surface area (TPSA) is 34.4 Å². The Hall–Kier alpha value is -1.74. The highest BCUT2D eigenvalue weighted by Crippen LogP contribution is 2.26. The van der Waals surface area contributed by atoms with Gasteiger partial charge in [-0.15, -0.1) is 0 Å². The molecule has 2 rings (SSSR count). The third-order valence-electron chi connectivity index (χ3n) is 3.52. The lowest BCUT2D eigenvalue weighted by atomic mass is 9.87. The molecule has 0 radical (unpaired) electrons. The van der Waals surface area contributed by atoms with Crippen LogP contribution >= 0.6 is 0 Å². The number of hydrogen-bond donors (Lipinski definition) is 1. The lowest BCUT2D eigenvalue weighted by Gasteiger charge is -2.19. The standard InChI is InChI=1S/C18H25NO2/c1-13-14(9-17(21-13)11-19-5)12-20-16-8-6-7-15(10-16)18(2,3)4/h6-10,19H,11-12H2,1-5H3. The predicted molar refractivity (Wildman–Crippen MR) is 85.7 cm³/mol. The Bertz CT molecular complexity index is 594. The molecule has 1 heterocycles. The molecule has 0 amide bonds. The van der Waals surface area contributed by atoms with Crippen molar-refractivity contribution in [1.29, 1.82) is 0 Å². The van der Waals surface area contributed by atoms with Gasteiger partial charge in [0.15, 0.2) is 0 Å². The van der Waals surface area contributed by atoms with E-state index in [4.69, 9.17) is 9.15 Å². The van der Waals surface area contributed by atoms with Crippen molar-refractivity contribution in [1.82, 2.24) is 5.32 Å². The van der Waals surface area contributed by atoms with E-state index < -0.39 is 0 Å². The zero-order valence-corrected chi connectivity index (χ0v) is 13.6. The Balaban J connectivity index is 2.06. The number of ether oxygens (including phenoxy) is 1. The number of aryl methyl sites for hydroxylation is 1. The molecule has 21 heavy (non-hydrogen) atoms. The van der Waals surface area contributed by atoms with Gasteiger partial charge in [-0.1, -0.05) is 32.9 Å². The van der Waals surface area contributed by atoms with E-state index in [-0.39, 0.29) is 5.41 Å². The Kier molecular flexibility index (Phi) is 4.73. The monoisotopic (exact) mass is 287 g/mol. The summed E-state index contributed by atoms with van der Waals surface area (Å²) in [5.41, 5.74) is 2.51. The fraction of sp³-hybridized carbons (Fsp3) is 0.444. The van der Waals surface area contributed by atoms with Crippen LogP contribution in [0.2, 0.25) is 0 Å². The van der Waals surface area contributed by atoms with E-state index in [2.05, 4.69) is 44.3 Å². The summed E-state index contributed by atoms with van der Waals surface area (Å²) >= 11 is 0. The number of furan rings is 1. The number of benzene rings is 1. The quantitative estimate of drug-likeness (QED) is 0.895. The van der Waals surface area contributed by atoms with E-state index in [1.807, 2.05) is 26.1 Å². The summed E-state index contributed by atoms with van der Waals surface area (Å²) in [7, 11) is 1.91. The Morgan fingerprint density at radius 1 is 1.19 bits per heavy atom. The van der Waals surface area contributed by atoms with Crippen molar-refractivity contribution < 1.29 is 9.15 Å². The molecule has 0 spiro atoms. The average Bonchev–Trinajstić information content (AvgIpc) is 2.76. The van der Waals surface area contributed by atoms with Crippen LogP contribution < -0.4 is 10.1 Å². The minimum absolute atomic E-state index is 0.130. The second-order valence-corrected chi connectivity index (χ2v) is 6.39. The largest absolute Gasteiger partial charge is 0.489 e. The maximum atomic E-state index is 5.92. The summed E-state index contributed by atoms with van der Waals surface area (Å²) in [5.74, 6) is 2.77. The zero-order valence-electron chi connectivity index (χ0n) is 13.6.